The van der Waals surface area contributed by atoms with Gasteiger partial charge < -0.3 is 0 Å². The molecule has 0 radical (unpaired) electrons. The Morgan fingerprint density at radius 3 is 2.92 bits per heavy atom. The number of aromatic nitrogens is 3. The second kappa shape index (κ2) is 2.87. The number of nitrogens with zero attached hydrogens (tertiary/aromatic N) is 3. The molecule has 12 heavy (non-hydrogen) atoms. The van der Waals surface area contributed by atoms with Crippen molar-refractivity contribution in [2.45, 2.75) is 0 Å². The van der Waals surface area contributed by atoms with Crippen LogP contribution in [0.2, 0.25) is 10.3 Å². The molecule has 6 heteroatoms. The lowest BCUT2D eigenvalue weighted by atomic mass is 10.5. The van der Waals surface area contributed by atoms with E-state index in [-0.39, 0.29) is 0 Å². The lowest BCUT2D eigenvalue weighted by molar-refractivity contribution is 0.946. The van der Waals surface area contributed by atoms with Gasteiger partial charge in [-0.2, -0.15) is 5.10 Å². The molecule has 2 aromatic rings. The fourth-order valence-corrected chi connectivity index (χ4v) is 1.98. The van der Waals surface area contributed by atoms with E-state index in [1.165, 1.54) is 0 Å². The van der Waals surface area contributed by atoms with Gasteiger partial charge in [0.05, 0.1) is 16.9 Å². The van der Waals surface area contributed by atoms with E-state index in [1.807, 2.05) is 0 Å². The highest BCUT2D eigenvalue weighted by molar-refractivity contribution is 9.10. The van der Waals surface area contributed by atoms with Crippen LogP contribution < -0.4 is 0 Å². The van der Waals surface area contributed by atoms with E-state index in [0.717, 1.165) is 9.99 Å². The highest BCUT2D eigenvalue weighted by atomic mass is 79.9. The molecule has 0 aliphatic rings. The summed E-state index contributed by atoms with van der Waals surface area (Å²) in [7, 11) is 0. The maximum absolute atomic E-state index is 5.82. The molecular weight excluding hydrogens is 265 g/mol. The molecule has 0 saturated heterocycles. The van der Waals surface area contributed by atoms with Gasteiger partial charge in [0.2, 0.25) is 0 Å². The van der Waals surface area contributed by atoms with Gasteiger partial charge in [0.15, 0.2) is 5.15 Å². The van der Waals surface area contributed by atoms with E-state index >= 15 is 0 Å². The Bertz CT molecular complexity index is 440. The molecule has 0 aliphatic heterocycles. The number of halogens is 3. The molecule has 0 atom stereocenters. The first-order valence-electron chi connectivity index (χ1n) is 3.03. The van der Waals surface area contributed by atoms with Crippen molar-refractivity contribution in [3.63, 3.8) is 0 Å². The topological polar surface area (TPSA) is 30.2 Å². The summed E-state index contributed by atoms with van der Waals surface area (Å²) < 4.78 is 2.37. The van der Waals surface area contributed by atoms with Crippen LogP contribution in [0.3, 0.4) is 0 Å². The van der Waals surface area contributed by atoms with Crippen molar-refractivity contribution in [1.29, 1.82) is 0 Å². The van der Waals surface area contributed by atoms with E-state index < -0.39 is 0 Å². The van der Waals surface area contributed by atoms with Crippen molar-refractivity contribution in [2.75, 3.05) is 0 Å². The normalized spacial score (nSPS) is 10.9. The van der Waals surface area contributed by atoms with Crippen LogP contribution in [0, 0.1) is 0 Å². The quantitative estimate of drug-likeness (QED) is 0.734. The zero-order valence-electron chi connectivity index (χ0n) is 5.63. The minimum atomic E-state index is 0.322. The minimum absolute atomic E-state index is 0.322. The molecule has 2 heterocycles. The summed E-state index contributed by atoms with van der Waals surface area (Å²) in [5.74, 6) is 0. The van der Waals surface area contributed by atoms with Gasteiger partial charge in [0, 0.05) is 0 Å². The zero-order valence-corrected chi connectivity index (χ0v) is 8.73. The summed E-state index contributed by atoms with van der Waals surface area (Å²) in [5, 5.41) is 4.66. The van der Waals surface area contributed by atoms with Gasteiger partial charge in [0.25, 0.3) is 0 Å². The van der Waals surface area contributed by atoms with Crippen molar-refractivity contribution < 1.29 is 0 Å². The minimum Gasteiger partial charge on any atom is -0.234 e. The van der Waals surface area contributed by atoms with Gasteiger partial charge in [-0.3, -0.25) is 0 Å². The summed E-state index contributed by atoms with van der Waals surface area (Å²) in [4.78, 5) is 3.87. The molecule has 0 amide bonds. The summed E-state index contributed by atoms with van der Waals surface area (Å²) in [6.45, 7) is 0. The lowest BCUT2D eigenvalue weighted by Crippen LogP contribution is -1.89. The highest BCUT2D eigenvalue weighted by Crippen LogP contribution is 2.24. The van der Waals surface area contributed by atoms with Crippen LogP contribution in [-0.4, -0.2) is 14.6 Å². The fourth-order valence-electron chi connectivity index (χ4n) is 0.909. The first-order chi connectivity index (χ1) is 5.68. The number of hydrogen-bond acceptors (Lipinski definition) is 2. The molecule has 0 bridgehead atoms. The van der Waals surface area contributed by atoms with Gasteiger partial charge in [-0.15, -0.1) is 0 Å². The molecule has 2 rings (SSSR count). The smallest absolute Gasteiger partial charge is 0.157 e. The van der Waals surface area contributed by atoms with E-state index in [1.54, 1.807) is 16.9 Å². The van der Waals surface area contributed by atoms with Crippen molar-refractivity contribution in [3.8, 4) is 0 Å². The Kier molecular flexibility index (Phi) is 1.98. The summed E-state index contributed by atoms with van der Waals surface area (Å²) in [6, 6.07) is 0. The third kappa shape index (κ3) is 1.20. The Morgan fingerprint density at radius 2 is 2.17 bits per heavy atom. The number of fused-ring (bicyclic) bond motifs is 1. The van der Waals surface area contributed by atoms with Gasteiger partial charge in [-0.05, 0) is 15.9 Å². The van der Waals surface area contributed by atoms with Crippen LogP contribution in [0.4, 0.5) is 0 Å². The fraction of sp³-hybridized carbons (Fsp3) is 0. The average Bonchev–Trinajstić information content (AvgIpc) is 2.31. The van der Waals surface area contributed by atoms with Crippen LogP contribution in [0.1, 0.15) is 0 Å². The zero-order chi connectivity index (χ0) is 8.72. The van der Waals surface area contributed by atoms with Gasteiger partial charge in [0.1, 0.15) is 10.7 Å². The third-order valence-electron chi connectivity index (χ3n) is 1.38. The number of rotatable bonds is 0. The Hall–Kier alpha value is -0.320. The maximum Gasteiger partial charge on any atom is 0.157 e. The molecule has 0 fully saturated rings. The van der Waals surface area contributed by atoms with Crippen LogP contribution >= 0.6 is 39.1 Å². The van der Waals surface area contributed by atoms with E-state index in [0.29, 0.717) is 10.3 Å². The molecule has 0 aliphatic carbocycles. The van der Waals surface area contributed by atoms with Gasteiger partial charge in [-0.1, -0.05) is 23.2 Å². The first-order valence-corrected chi connectivity index (χ1v) is 4.58. The summed E-state index contributed by atoms with van der Waals surface area (Å²) in [5.41, 5.74) is 0.723. The SMILES string of the molecule is Clc1cn2ncc(Br)c2c(Cl)n1. The van der Waals surface area contributed by atoms with Crippen LogP contribution in [0.25, 0.3) is 5.52 Å². The molecule has 62 valence electrons. The maximum atomic E-state index is 5.82. The molecule has 0 aromatic carbocycles. The lowest BCUT2D eigenvalue weighted by Gasteiger charge is -1.96. The molecule has 0 N–H and O–H groups in total. The molecule has 3 nitrogen and oxygen atoms in total. The first kappa shape index (κ1) is 8.29. The number of hydrogen-bond donors (Lipinski definition) is 0. The van der Waals surface area contributed by atoms with Crippen molar-refractivity contribution in [3.05, 3.63) is 27.2 Å². The second-order valence-corrected chi connectivity index (χ2v) is 3.74. The van der Waals surface area contributed by atoms with E-state index in [9.17, 15) is 0 Å². The molecule has 2 aromatic heterocycles. The van der Waals surface area contributed by atoms with Crippen molar-refractivity contribution in [2.24, 2.45) is 0 Å². The average molecular weight is 267 g/mol. The standard InChI is InChI=1S/C6H2BrCl2N3/c7-3-1-10-12-2-4(8)11-6(9)5(3)12/h1-2H. The van der Waals surface area contributed by atoms with E-state index in [4.69, 9.17) is 23.2 Å². The Morgan fingerprint density at radius 1 is 1.42 bits per heavy atom. The van der Waals surface area contributed by atoms with Crippen LogP contribution in [-0.2, 0) is 0 Å². The van der Waals surface area contributed by atoms with Crippen molar-refractivity contribution >= 4 is 44.6 Å². The monoisotopic (exact) mass is 265 g/mol. The van der Waals surface area contributed by atoms with Crippen LogP contribution in [0.5, 0.6) is 0 Å². The molecule has 0 unspecified atom stereocenters. The summed E-state index contributed by atoms with van der Waals surface area (Å²) in [6.07, 6.45) is 3.23. The van der Waals surface area contributed by atoms with E-state index in [2.05, 4.69) is 26.0 Å². The Labute approximate surface area is 86.4 Å². The second-order valence-electron chi connectivity index (χ2n) is 2.14. The molecule has 0 saturated carbocycles. The van der Waals surface area contributed by atoms with Gasteiger partial charge in [-0.25, -0.2) is 9.50 Å². The Balaban J connectivity index is 2.93. The van der Waals surface area contributed by atoms with Crippen LogP contribution in [0.15, 0.2) is 16.9 Å². The predicted molar refractivity (Wildman–Crippen MR) is 50.7 cm³/mol. The third-order valence-corrected chi connectivity index (χ3v) is 2.41. The van der Waals surface area contributed by atoms with Gasteiger partial charge >= 0.3 is 0 Å². The largest absolute Gasteiger partial charge is 0.234 e. The predicted octanol–water partition coefficient (Wildman–Crippen LogP) is 2.80. The molecular formula is C6H2BrCl2N3. The van der Waals surface area contributed by atoms with Crippen molar-refractivity contribution in [1.82, 2.24) is 14.6 Å². The highest BCUT2D eigenvalue weighted by Gasteiger charge is 2.07. The molecule has 0 spiro atoms. The summed E-state index contributed by atoms with van der Waals surface area (Å²) >= 11 is 14.8.